The molecule has 0 aliphatic heterocycles. The van der Waals surface area contributed by atoms with Crippen LogP contribution in [0.1, 0.15) is 36.3 Å². The molecule has 35 heavy (non-hydrogen) atoms. The minimum atomic E-state index is 0.676. The van der Waals surface area contributed by atoms with E-state index in [-0.39, 0.29) is 0 Å². The van der Waals surface area contributed by atoms with Gasteiger partial charge in [0.25, 0.3) is 0 Å². The standard InChI is InChI=1S/C25H21N5S.C2H4.CH2O/c1-2-15-10-17(14-26-13-15)21-12-22-19(4-3-9-27-22)24(29-21)28-18-7-8-20-23(11-18)31-25(30-20)16-5-6-16;2*1-2/h3-4,7-14,16H,2,5-6H2,1H3,(H,28,29);1-2H2;1H2. The lowest BCUT2D eigenvalue weighted by molar-refractivity contribution is -0.0979. The largest absolute Gasteiger partial charge is 0.340 e. The fourth-order valence-electron chi connectivity index (χ4n) is 3.80. The van der Waals surface area contributed by atoms with Crippen LogP contribution >= 0.6 is 11.3 Å². The van der Waals surface area contributed by atoms with Crippen LogP contribution in [0, 0.1) is 0 Å². The quantitative estimate of drug-likeness (QED) is 0.270. The first-order valence-electron chi connectivity index (χ1n) is 11.4. The Morgan fingerprint density at radius 2 is 1.86 bits per heavy atom. The van der Waals surface area contributed by atoms with Gasteiger partial charge >= 0.3 is 0 Å². The third-order valence-electron chi connectivity index (χ3n) is 5.69. The number of pyridine rings is 3. The molecule has 1 aliphatic carbocycles. The molecule has 0 atom stereocenters. The van der Waals surface area contributed by atoms with Crippen molar-refractivity contribution in [2.24, 2.45) is 0 Å². The molecule has 0 saturated heterocycles. The summed E-state index contributed by atoms with van der Waals surface area (Å²) in [4.78, 5) is 26.7. The number of hydrogen-bond donors (Lipinski definition) is 1. The van der Waals surface area contributed by atoms with E-state index in [4.69, 9.17) is 14.8 Å². The van der Waals surface area contributed by atoms with E-state index in [1.807, 2.05) is 48.8 Å². The third kappa shape index (κ3) is 5.25. The molecule has 4 heterocycles. The number of carbonyl (C=O) groups excluding carboxylic acids is 1. The molecular formula is C28H27N5OS. The lowest BCUT2D eigenvalue weighted by Gasteiger charge is -2.12. The minimum absolute atomic E-state index is 0.676. The molecule has 0 spiro atoms. The fraction of sp³-hybridized carbons (Fsp3) is 0.179. The Bertz CT molecular complexity index is 1460. The highest BCUT2D eigenvalue weighted by molar-refractivity contribution is 7.18. The summed E-state index contributed by atoms with van der Waals surface area (Å²) in [7, 11) is 0. The maximum atomic E-state index is 8.00. The van der Waals surface area contributed by atoms with Gasteiger partial charge in [-0.2, -0.15) is 0 Å². The highest BCUT2D eigenvalue weighted by Gasteiger charge is 2.27. The van der Waals surface area contributed by atoms with Crippen molar-refractivity contribution < 1.29 is 4.79 Å². The Hall–Kier alpha value is -3.97. The van der Waals surface area contributed by atoms with Gasteiger partial charge in [0.1, 0.15) is 12.6 Å². The summed E-state index contributed by atoms with van der Waals surface area (Å²) in [5.41, 5.74) is 6.05. The molecule has 0 radical (unpaired) electrons. The summed E-state index contributed by atoms with van der Waals surface area (Å²) in [6.45, 7) is 10.1. The molecule has 1 aliphatic rings. The van der Waals surface area contributed by atoms with Gasteiger partial charge < -0.3 is 10.1 Å². The van der Waals surface area contributed by atoms with E-state index in [9.17, 15) is 0 Å². The number of carbonyl (C=O) groups is 1. The zero-order valence-corrected chi connectivity index (χ0v) is 20.5. The molecule has 0 unspecified atom stereocenters. The number of hydrogen-bond acceptors (Lipinski definition) is 7. The molecule has 6 nitrogen and oxygen atoms in total. The molecule has 1 fully saturated rings. The van der Waals surface area contributed by atoms with Crippen molar-refractivity contribution in [3.8, 4) is 11.3 Å². The van der Waals surface area contributed by atoms with Gasteiger partial charge in [0.15, 0.2) is 0 Å². The highest BCUT2D eigenvalue weighted by Crippen LogP contribution is 2.43. The van der Waals surface area contributed by atoms with Crippen LogP contribution in [0.25, 0.3) is 32.4 Å². The van der Waals surface area contributed by atoms with Crippen molar-refractivity contribution in [3.63, 3.8) is 0 Å². The van der Waals surface area contributed by atoms with E-state index in [1.54, 1.807) is 0 Å². The van der Waals surface area contributed by atoms with Crippen LogP contribution in [0.5, 0.6) is 0 Å². The Balaban J connectivity index is 0.000000689. The number of thiazole rings is 1. The van der Waals surface area contributed by atoms with Gasteiger partial charge in [-0.3, -0.25) is 9.97 Å². The zero-order chi connectivity index (χ0) is 24.8. The zero-order valence-electron chi connectivity index (χ0n) is 19.7. The molecule has 0 amide bonds. The summed E-state index contributed by atoms with van der Waals surface area (Å²) in [6, 6.07) is 14.5. The number of aryl methyl sites for hydroxylation is 1. The van der Waals surface area contributed by atoms with Gasteiger partial charge in [-0.1, -0.05) is 6.92 Å². The average Bonchev–Trinajstić information content (AvgIpc) is 3.70. The lowest BCUT2D eigenvalue weighted by Crippen LogP contribution is -1.98. The second kappa shape index (κ2) is 11.0. The van der Waals surface area contributed by atoms with Gasteiger partial charge in [0, 0.05) is 41.1 Å². The molecule has 5 aromatic rings. The van der Waals surface area contributed by atoms with Crippen LogP contribution in [0.3, 0.4) is 0 Å². The van der Waals surface area contributed by atoms with Gasteiger partial charge in [-0.05, 0) is 67.3 Å². The fourth-order valence-corrected chi connectivity index (χ4v) is 4.98. The van der Waals surface area contributed by atoms with Crippen molar-refractivity contribution >= 4 is 50.8 Å². The number of anilines is 2. The predicted molar refractivity (Wildman–Crippen MR) is 145 cm³/mol. The molecule has 0 bridgehead atoms. The Labute approximate surface area is 208 Å². The monoisotopic (exact) mass is 481 g/mol. The predicted octanol–water partition coefficient (Wildman–Crippen LogP) is 7.10. The number of benzene rings is 1. The average molecular weight is 482 g/mol. The minimum Gasteiger partial charge on any atom is -0.340 e. The van der Waals surface area contributed by atoms with Crippen molar-refractivity contribution in [1.82, 2.24) is 19.9 Å². The maximum absolute atomic E-state index is 8.00. The summed E-state index contributed by atoms with van der Waals surface area (Å²) < 4.78 is 1.21. The lowest BCUT2D eigenvalue weighted by atomic mass is 10.1. The normalized spacial score (nSPS) is 12.4. The smallest absolute Gasteiger partial charge is 0.140 e. The van der Waals surface area contributed by atoms with Crippen LogP contribution in [0.15, 0.2) is 74.2 Å². The number of rotatable bonds is 5. The van der Waals surface area contributed by atoms with Crippen molar-refractivity contribution in [1.29, 1.82) is 0 Å². The second-order valence-corrected chi connectivity index (χ2v) is 9.06. The van der Waals surface area contributed by atoms with Crippen molar-refractivity contribution in [2.45, 2.75) is 32.1 Å². The first-order chi connectivity index (χ1) is 17.3. The number of nitrogens with zero attached hydrogens (tertiary/aromatic N) is 4. The molecular weight excluding hydrogens is 454 g/mol. The first kappa shape index (κ1) is 24.2. The van der Waals surface area contributed by atoms with E-state index < -0.39 is 0 Å². The molecule has 1 saturated carbocycles. The number of aromatic nitrogens is 4. The van der Waals surface area contributed by atoms with Crippen LogP contribution < -0.4 is 5.32 Å². The van der Waals surface area contributed by atoms with Gasteiger partial charge in [0.05, 0.1) is 26.4 Å². The first-order valence-corrected chi connectivity index (χ1v) is 12.2. The summed E-state index contributed by atoms with van der Waals surface area (Å²) in [5.74, 6) is 1.48. The highest BCUT2D eigenvalue weighted by atomic mass is 32.1. The summed E-state index contributed by atoms with van der Waals surface area (Å²) >= 11 is 1.81. The van der Waals surface area contributed by atoms with Gasteiger partial charge in [-0.15, -0.1) is 24.5 Å². The topological polar surface area (TPSA) is 80.7 Å². The van der Waals surface area contributed by atoms with Crippen LogP contribution in [0.2, 0.25) is 0 Å². The number of fused-ring (bicyclic) bond motifs is 2. The van der Waals surface area contributed by atoms with Gasteiger partial charge in [0.2, 0.25) is 0 Å². The van der Waals surface area contributed by atoms with E-state index in [2.05, 4.69) is 65.7 Å². The van der Waals surface area contributed by atoms with E-state index in [0.717, 1.165) is 45.6 Å². The van der Waals surface area contributed by atoms with Crippen LogP contribution in [0.4, 0.5) is 11.5 Å². The molecule has 1 N–H and O–H groups in total. The molecule has 7 heteroatoms. The maximum Gasteiger partial charge on any atom is 0.140 e. The van der Waals surface area contributed by atoms with Crippen LogP contribution in [-0.2, 0) is 11.2 Å². The van der Waals surface area contributed by atoms with Gasteiger partial charge in [-0.25, -0.2) is 9.97 Å². The Morgan fingerprint density at radius 3 is 2.63 bits per heavy atom. The SMILES string of the molecule is C=C.C=O.CCc1cncc(-c2cc3ncccc3c(Nc3ccc4nc(C5CC5)sc4c3)n2)c1. The molecule has 176 valence electrons. The molecule has 1 aromatic carbocycles. The summed E-state index contributed by atoms with van der Waals surface area (Å²) in [6.07, 6.45) is 9.07. The van der Waals surface area contributed by atoms with E-state index >= 15 is 0 Å². The number of nitrogens with one attached hydrogen (secondary N) is 1. The Kier molecular flexibility index (Phi) is 7.57. The molecule has 6 rings (SSSR count). The molecule has 4 aromatic heterocycles. The second-order valence-electron chi connectivity index (χ2n) is 8.00. The Morgan fingerprint density at radius 1 is 1.03 bits per heavy atom. The van der Waals surface area contributed by atoms with Crippen molar-refractivity contribution in [2.75, 3.05) is 5.32 Å². The summed E-state index contributed by atoms with van der Waals surface area (Å²) in [5, 5.41) is 5.80. The van der Waals surface area contributed by atoms with E-state index in [0.29, 0.717) is 5.92 Å². The third-order valence-corrected chi connectivity index (χ3v) is 6.87. The van der Waals surface area contributed by atoms with Crippen molar-refractivity contribution in [3.05, 3.63) is 84.8 Å². The van der Waals surface area contributed by atoms with E-state index in [1.165, 1.54) is 28.1 Å². The van der Waals surface area contributed by atoms with Crippen LogP contribution in [-0.4, -0.2) is 26.7 Å².